The molecule has 1 saturated carbocycles. The highest BCUT2D eigenvalue weighted by Crippen LogP contribution is 2.35. The Morgan fingerprint density at radius 1 is 1.50 bits per heavy atom. The molecule has 7 heteroatoms. The second-order valence-electron chi connectivity index (χ2n) is 7.50. The van der Waals surface area contributed by atoms with E-state index in [-0.39, 0.29) is 24.0 Å². The Hall–Kier alpha value is -1.99. The van der Waals surface area contributed by atoms with Crippen LogP contribution in [0.2, 0.25) is 0 Å². The highest BCUT2D eigenvalue weighted by Gasteiger charge is 2.35. The van der Waals surface area contributed by atoms with Gasteiger partial charge in [-0.2, -0.15) is 5.10 Å². The number of aromatic amines is 1. The van der Waals surface area contributed by atoms with Gasteiger partial charge in [0.2, 0.25) is 5.91 Å². The van der Waals surface area contributed by atoms with Crippen LogP contribution in [0.5, 0.6) is 0 Å². The van der Waals surface area contributed by atoms with Crippen molar-refractivity contribution in [3.63, 3.8) is 0 Å². The van der Waals surface area contributed by atoms with Gasteiger partial charge >= 0.3 is 0 Å². The molecule has 140 valence electrons. The highest BCUT2D eigenvalue weighted by atomic mass is 32.1. The number of nitrogens with zero attached hydrogens (tertiary/aromatic N) is 2. The van der Waals surface area contributed by atoms with E-state index < -0.39 is 0 Å². The summed E-state index contributed by atoms with van der Waals surface area (Å²) in [7, 11) is 0. The van der Waals surface area contributed by atoms with E-state index in [4.69, 9.17) is 12.2 Å². The van der Waals surface area contributed by atoms with Crippen molar-refractivity contribution in [2.24, 2.45) is 5.41 Å². The molecule has 1 heterocycles. The molecule has 0 spiro atoms. The van der Waals surface area contributed by atoms with Crippen molar-refractivity contribution in [3.05, 3.63) is 34.6 Å². The molecule has 1 aromatic carbocycles. The maximum atomic E-state index is 12.5. The normalized spacial score (nSPS) is 23.0. The zero-order valence-corrected chi connectivity index (χ0v) is 16.1. The molecule has 0 saturated heterocycles. The Bertz CT molecular complexity index is 844. The molecular weight excluding hydrogens is 348 g/mol. The zero-order valence-electron chi connectivity index (χ0n) is 15.3. The topological polar surface area (TPSA) is 82.9 Å². The van der Waals surface area contributed by atoms with Crippen LogP contribution in [0.4, 0.5) is 0 Å². The molecule has 1 aliphatic rings. The van der Waals surface area contributed by atoms with Crippen LogP contribution >= 0.6 is 12.2 Å². The van der Waals surface area contributed by atoms with Crippen molar-refractivity contribution in [3.8, 4) is 11.4 Å². The van der Waals surface area contributed by atoms with E-state index in [9.17, 15) is 9.90 Å². The third kappa shape index (κ3) is 4.04. The molecule has 0 bridgehead atoms. The monoisotopic (exact) mass is 374 g/mol. The Morgan fingerprint density at radius 2 is 2.31 bits per heavy atom. The van der Waals surface area contributed by atoms with E-state index >= 15 is 0 Å². The number of aryl methyl sites for hydroxylation is 1. The Morgan fingerprint density at radius 3 is 3.04 bits per heavy atom. The van der Waals surface area contributed by atoms with E-state index in [2.05, 4.69) is 15.5 Å². The summed E-state index contributed by atoms with van der Waals surface area (Å²) in [6.45, 7) is 4.62. The lowest BCUT2D eigenvalue weighted by molar-refractivity contribution is -0.122. The smallest absolute Gasteiger partial charge is 0.240 e. The van der Waals surface area contributed by atoms with Crippen molar-refractivity contribution in [2.45, 2.75) is 52.2 Å². The summed E-state index contributed by atoms with van der Waals surface area (Å²) >= 11 is 5.30. The summed E-state index contributed by atoms with van der Waals surface area (Å²) in [6.07, 6.45) is 3.50. The van der Waals surface area contributed by atoms with Crippen LogP contribution in [0.15, 0.2) is 24.3 Å². The first-order valence-electron chi connectivity index (χ1n) is 9.06. The van der Waals surface area contributed by atoms with E-state index in [1.165, 1.54) is 0 Å². The van der Waals surface area contributed by atoms with Crippen molar-refractivity contribution in [2.75, 3.05) is 6.54 Å². The number of H-pyrrole nitrogens is 1. The van der Waals surface area contributed by atoms with Gasteiger partial charge in [-0.1, -0.05) is 43.5 Å². The predicted molar refractivity (Wildman–Crippen MR) is 103 cm³/mol. The average Bonchev–Trinajstić information content (AvgIpc) is 2.97. The van der Waals surface area contributed by atoms with Gasteiger partial charge in [0, 0.05) is 17.5 Å². The molecule has 3 rings (SSSR count). The molecule has 0 radical (unpaired) electrons. The van der Waals surface area contributed by atoms with E-state index in [1.54, 1.807) is 4.57 Å². The summed E-state index contributed by atoms with van der Waals surface area (Å²) in [4.78, 5) is 12.5. The highest BCUT2D eigenvalue weighted by molar-refractivity contribution is 7.71. The molecule has 0 aliphatic heterocycles. The van der Waals surface area contributed by atoms with E-state index in [0.29, 0.717) is 17.1 Å². The number of benzene rings is 1. The lowest BCUT2D eigenvalue weighted by Crippen LogP contribution is -2.45. The van der Waals surface area contributed by atoms with Gasteiger partial charge in [-0.3, -0.25) is 14.5 Å². The van der Waals surface area contributed by atoms with Crippen molar-refractivity contribution in [1.29, 1.82) is 0 Å². The van der Waals surface area contributed by atoms with Gasteiger partial charge in [0.1, 0.15) is 6.54 Å². The summed E-state index contributed by atoms with van der Waals surface area (Å²) in [6, 6.07) is 7.93. The Labute approximate surface area is 158 Å². The molecule has 3 N–H and O–H groups in total. The summed E-state index contributed by atoms with van der Waals surface area (Å²) in [5.41, 5.74) is 1.77. The van der Waals surface area contributed by atoms with Crippen LogP contribution in [-0.2, 0) is 11.3 Å². The number of carbonyl (C=O) groups excluding carboxylic acids is 1. The molecule has 2 atom stereocenters. The minimum atomic E-state index is -0.365. The number of aromatic nitrogens is 3. The molecule has 1 amide bonds. The zero-order chi connectivity index (χ0) is 18.7. The third-order valence-electron chi connectivity index (χ3n) is 5.31. The first-order chi connectivity index (χ1) is 12.4. The predicted octanol–water partition coefficient (Wildman–Crippen LogP) is 2.97. The van der Waals surface area contributed by atoms with Gasteiger partial charge in [-0.15, -0.1) is 0 Å². The number of rotatable bonds is 5. The van der Waals surface area contributed by atoms with Gasteiger partial charge in [0.25, 0.3) is 0 Å². The maximum absolute atomic E-state index is 12.5. The fourth-order valence-electron chi connectivity index (χ4n) is 3.56. The van der Waals surface area contributed by atoms with E-state index in [0.717, 1.165) is 36.8 Å². The minimum Gasteiger partial charge on any atom is -0.392 e. The van der Waals surface area contributed by atoms with Crippen molar-refractivity contribution < 1.29 is 9.90 Å². The standard InChI is InChI=1S/C19H26N4O2S/c1-13-6-5-7-14(10-13)17-21-22-18(26)23(17)11-16(25)20-12-19(2)9-4-3-8-15(19)24/h5-7,10,15,24H,3-4,8-9,11-12H2,1-2H3,(H,20,25)(H,22,26)/t15-,19-/m1/s1. The van der Waals surface area contributed by atoms with Crippen LogP contribution in [0.3, 0.4) is 0 Å². The van der Waals surface area contributed by atoms with Crippen LogP contribution < -0.4 is 5.32 Å². The number of carbonyl (C=O) groups is 1. The summed E-state index contributed by atoms with van der Waals surface area (Å²) in [5, 5.41) is 20.3. The van der Waals surface area contributed by atoms with Crippen LogP contribution in [0.1, 0.15) is 38.2 Å². The molecule has 6 nitrogen and oxygen atoms in total. The number of hydrogen-bond acceptors (Lipinski definition) is 4. The lowest BCUT2D eigenvalue weighted by Gasteiger charge is -2.38. The number of amides is 1. The molecular formula is C19H26N4O2S. The number of aliphatic hydroxyl groups excluding tert-OH is 1. The lowest BCUT2D eigenvalue weighted by atomic mass is 9.73. The fourth-order valence-corrected chi connectivity index (χ4v) is 3.75. The molecule has 26 heavy (non-hydrogen) atoms. The largest absolute Gasteiger partial charge is 0.392 e. The van der Waals surface area contributed by atoms with Gasteiger partial charge in [0.05, 0.1) is 6.10 Å². The number of hydrogen-bond donors (Lipinski definition) is 3. The molecule has 0 unspecified atom stereocenters. The Kier molecular flexibility index (Phi) is 5.58. The first kappa shape index (κ1) is 18.8. The number of aliphatic hydroxyl groups is 1. The summed E-state index contributed by atoms with van der Waals surface area (Å²) in [5.74, 6) is 0.521. The first-order valence-corrected chi connectivity index (χ1v) is 9.47. The van der Waals surface area contributed by atoms with Gasteiger partial charge in [-0.05, 0) is 38.0 Å². The van der Waals surface area contributed by atoms with Crippen molar-refractivity contribution >= 4 is 18.1 Å². The van der Waals surface area contributed by atoms with Crippen molar-refractivity contribution in [1.82, 2.24) is 20.1 Å². The van der Waals surface area contributed by atoms with Crippen LogP contribution in [0.25, 0.3) is 11.4 Å². The summed E-state index contributed by atoms with van der Waals surface area (Å²) < 4.78 is 2.12. The minimum absolute atomic E-state index is 0.102. The molecule has 1 fully saturated rings. The van der Waals surface area contributed by atoms with E-state index in [1.807, 2.05) is 38.1 Å². The van der Waals surface area contributed by atoms with Gasteiger partial charge in [0.15, 0.2) is 10.6 Å². The van der Waals surface area contributed by atoms with Gasteiger partial charge < -0.3 is 10.4 Å². The quantitative estimate of drug-likeness (QED) is 0.703. The number of nitrogens with one attached hydrogen (secondary N) is 2. The second kappa shape index (κ2) is 7.72. The van der Waals surface area contributed by atoms with Crippen LogP contribution in [-0.4, -0.2) is 38.4 Å². The molecule has 2 aromatic rings. The Balaban J connectivity index is 1.70. The average molecular weight is 375 g/mol. The molecule has 1 aromatic heterocycles. The fraction of sp³-hybridized carbons (Fsp3) is 0.526. The third-order valence-corrected chi connectivity index (χ3v) is 5.62. The molecule has 1 aliphatic carbocycles. The maximum Gasteiger partial charge on any atom is 0.240 e. The SMILES string of the molecule is Cc1cccc(-c2n[nH]c(=S)n2CC(=O)NC[C@@]2(C)CCCC[C@H]2O)c1. The second-order valence-corrected chi connectivity index (χ2v) is 7.89. The van der Waals surface area contributed by atoms with Crippen LogP contribution in [0, 0.1) is 17.1 Å². The van der Waals surface area contributed by atoms with Gasteiger partial charge in [-0.25, -0.2) is 0 Å².